The van der Waals surface area contributed by atoms with E-state index in [-0.39, 0.29) is 6.29 Å². The Labute approximate surface area is 302 Å². The number of guanidine groups is 1. The standard InChI is InChI=1S/C21H34N6O24S3/c1-6-15(32,4-29)11(44-12-8(25-2)10(31)9(30)7(3-28)43-12)13(42-6)45-21-17(27-14(23)24,47-53(38,39)51-21)18(33)16(26-5-22,46-52(36,37)48-18)19(34)20(21,35)50-54(40,41)49-19/h4,6-13,25-26,28,30-35H,3,5,22H2,1-2H3,(H4,23,24,27)/t6-,7-,8-,9-,10-,11-,12-,13-,15+,16+,17-,18+,19-,20+,21+/m0/s1. The van der Waals surface area contributed by atoms with Crippen molar-refractivity contribution in [3.63, 3.8) is 0 Å². The van der Waals surface area contributed by atoms with E-state index in [1.165, 1.54) is 7.05 Å². The summed E-state index contributed by atoms with van der Waals surface area (Å²) in [7, 11) is -16.9. The second kappa shape index (κ2) is 12.5. The molecule has 5 saturated heterocycles. The van der Waals surface area contributed by atoms with E-state index in [0.29, 0.717) is 0 Å². The zero-order chi connectivity index (χ0) is 40.5. The van der Waals surface area contributed by atoms with Crippen molar-refractivity contribution in [3.8, 4) is 0 Å². The summed E-state index contributed by atoms with van der Waals surface area (Å²) in [5, 5.41) is 83.2. The molecule has 310 valence electrons. The molecule has 0 spiro atoms. The number of nitrogens with two attached hydrogens (primary N) is 3. The van der Waals surface area contributed by atoms with Gasteiger partial charge in [0.15, 0.2) is 30.4 Å². The summed E-state index contributed by atoms with van der Waals surface area (Å²) in [6.45, 7) is -1.23. The lowest BCUT2D eigenvalue weighted by Gasteiger charge is -2.61. The highest BCUT2D eigenvalue weighted by Crippen LogP contribution is 2.71. The molecule has 0 unspecified atom stereocenters. The van der Waals surface area contributed by atoms with E-state index in [0.717, 1.165) is 6.92 Å². The Morgan fingerprint density at radius 3 is 1.98 bits per heavy atom. The first-order chi connectivity index (χ1) is 24.7. The number of carbonyl (C=O) groups is 1. The summed E-state index contributed by atoms with van der Waals surface area (Å²) in [4.78, 5) is 15.9. The predicted octanol–water partition coefficient (Wildman–Crippen LogP) is -11.1. The summed E-state index contributed by atoms with van der Waals surface area (Å²) in [6.07, 6.45) is -14.6. The first-order valence-electron chi connectivity index (χ1n) is 14.9. The maximum absolute atomic E-state index is 13.4. The third kappa shape index (κ3) is 5.13. The molecule has 0 amide bonds. The molecule has 6 aliphatic rings. The van der Waals surface area contributed by atoms with Crippen LogP contribution in [0, 0.1) is 0 Å². The molecule has 54 heavy (non-hydrogen) atoms. The summed E-state index contributed by atoms with van der Waals surface area (Å²) in [6, 6.07) is -1.51. The van der Waals surface area contributed by atoms with Crippen molar-refractivity contribution >= 4 is 43.4 Å². The molecular formula is C21H34N6O24S3. The highest BCUT2D eigenvalue weighted by molar-refractivity contribution is 7.83. The maximum atomic E-state index is 13.4. The molecule has 0 aromatic heterocycles. The van der Waals surface area contributed by atoms with Crippen molar-refractivity contribution in [3.05, 3.63) is 0 Å². The van der Waals surface area contributed by atoms with Gasteiger partial charge in [0.2, 0.25) is 0 Å². The second-order valence-corrected chi connectivity index (χ2v) is 15.8. The molecular weight excluding hydrogens is 816 g/mol. The summed E-state index contributed by atoms with van der Waals surface area (Å²) in [5.41, 5.74) is 4.86. The van der Waals surface area contributed by atoms with E-state index in [2.05, 4.69) is 27.0 Å². The van der Waals surface area contributed by atoms with Gasteiger partial charge >= 0.3 is 48.5 Å². The molecule has 15 atom stereocenters. The van der Waals surface area contributed by atoms with Crippen molar-refractivity contribution in [1.82, 2.24) is 10.6 Å². The summed E-state index contributed by atoms with van der Waals surface area (Å²) in [5.74, 6) is -20.1. The number of carbonyl (C=O) groups excluding carboxylic acids is 1. The van der Waals surface area contributed by atoms with Crippen molar-refractivity contribution in [1.29, 1.82) is 0 Å². The van der Waals surface area contributed by atoms with Crippen molar-refractivity contribution in [2.24, 2.45) is 22.2 Å². The minimum atomic E-state index is -6.10. The van der Waals surface area contributed by atoms with Gasteiger partial charge in [-0.25, -0.2) is 30.1 Å². The molecule has 6 fully saturated rings. The van der Waals surface area contributed by atoms with Gasteiger partial charge in [0.05, 0.1) is 18.8 Å². The first kappa shape index (κ1) is 41.6. The van der Waals surface area contributed by atoms with Crippen LogP contribution in [0.5, 0.6) is 0 Å². The van der Waals surface area contributed by atoms with Gasteiger partial charge in [-0.2, -0.15) is 25.3 Å². The van der Waals surface area contributed by atoms with E-state index in [4.69, 9.17) is 44.5 Å². The van der Waals surface area contributed by atoms with Crippen LogP contribution in [0.25, 0.3) is 0 Å². The average molecular weight is 851 g/mol. The molecule has 5 aliphatic heterocycles. The zero-order valence-electron chi connectivity index (χ0n) is 27.1. The summed E-state index contributed by atoms with van der Waals surface area (Å²) >= 11 is 0. The topological polar surface area (TPSA) is 468 Å². The van der Waals surface area contributed by atoms with Crippen LogP contribution in [0.3, 0.4) is 0 Å². The van der Waals surface area contributed by atoms with Gasteiger partial charge in [-0.3, -0.25) is 10.1 Å². The highest BCUT2D eigenvalue weighted by Gasteiger charge is 3.05. The molecule has 5 heterocycles. The Morgan fingerprint density at radius 2 is 1.43 bits per heavy atom. The molecule has 30 nitrogen and oxygen atoms in total. The molecule has 6 rings (SSSR count). The normalized spacial score (nSPS) is 52.6. The van der Waals surface area contributed by atoms with Crippen LogP contribution in [0.1, 0.15) is 6.92 Å². The van der Waals surface area contributed by atoms with Crippen LogP contribution >= 0.6 is 0 Å². The Hall–Kier alpha value is -2.01. The number of rotatable bonds is 10. The van der Waals surface area contributed by atoms with Gasteiger partial charge in [0.1, 0.15) is 24.4 Å². The number of ether oxygens (including phenoxy) is 4. The quantitative estimate of drug-likeness (QED) is 0.0420. The van der Waals surface area contributed by atoms with E-state index < -0.39 is 140 Å². The lowest BCUT2D eigenvalue weighted by Crippen LogP contribution is -2.96. The Morgan fingerprint density at radius 1 is 0.852 bits per heavy atom. The lowest BCUT2D eigenvalue weighted by atomic mass is 9.66. The molecule has 1 saturated carbocycles. The number of aldehydes is 1. The Balaban J connectivity index is 1.64. The van der Waals surface area contributed by atoms with Gasteiger partial charge in [0, 0.05) is 6.67 Å². The van der Waals surface area contributed by atoms with Crippen molar-refractivity contribution in [2.45, 2.75) is 96.3 Å². The third-order valence-corrected chi connectivity index (χ3v) is 12.1. The number of aliphatic imine (C=N–C) groups is 1. The number of aliphatic hydroxyl groups is 7. The van der Waals surface area contributed by atoms with Crippen LogP contribution < -0.4 is 27.8 Å². The number of nitrogens with zero attached hydrogens (tertiary/aromatic N) is 1. The van der Waals surface area contributed by atoms with Crippen molar-refractivity contribution in [2.75, 3.05) is 20.3 Å². The Bertz CT molecular complexity index is 1930. The van der Waals surface area contributed by atoms with Crippen LogP contribution in [-0.4, -0.2) is 183 Å². The summed E-state index contributed by atoms with van der Waals surface area (Å²) < 4.78 is 129. The fourth-order valence-electron chi connectivity index (χ4n) is 7.01. The number of hydrogen-bond acceptors (Lipinski definition) is 28. The molecule has 15 N–H and O–H groups in total. The second-order valence-electron chi connectivity index (χ2n) is 12.4. The number of fused-ring (bicyclic) bond motifs is 6. The number of aliphatic hydroxyl groups excluding tert-OH is 3. The smallest absolute Gasteiger partial charge is 0.394 e. The molecule has 1 aliphatic carbocycles. The van der Waals surface area contributed by atoms with Gasteiger partial charge in [-0.05, 0) is 14.0 Å². The van der Waals surface area contributed by atoms with Gasteiger partial charge in [-0.1, -0.05) is 0 Å². The molecule has 0 aromatic carbocycles. The van der Waals surface area contributed by atoms with Crippen LogP contribution in [0.15, 0.2) is 4.99 Å². The predicted molar refractivity (Wildman–Crippen MR) is 156 cm³/mol. The minimum absolute atomic E-state index is 0.225. The van der Waals surface area contributed by atoms with Crippen LogP contribution in [0.4, 0.5) is 0 Å². The maximum Gasteiger partial charge on any atom is 0.406 e. The Kier molecular flexibility index (Phi) is 9.63. The van der Waals surface area contributed by atoms with E-state index >= 15 is 0 Å². The SMILES string of the molecule is CN[C@@H]1[C@H](O[C@H]2[C@H](O[C@@]34OS(=O)(=O)O[C@@]3(N=C(N)N)[C@]3(O)OS(=O)(=O)O[C@@]3(NCN)[C@]3(O)OS(=O)(=O)O[C@]34O)O[C@@H](C)[C@]2(O)C=O)O[C@@H](CO)[C@H](O)[C@H]1O. The molecule has 0 radical (unpaired) electrons. The van der Waals surface area contributed by atoms with Gasteiger partial charge < -0.3 is 77.2 Å². The van der Waals surface area contributed by atoms with Crippen LogP contribution in [-0.2, 0) is 80.0 Å². The third-order valence-electron chi connectivity index (χ3n) is 9.40. The molecule has 0 bridgehead atoms. The number of hydrogen-bond donors (Lipinski definition) is 12. The van der Waals surface area contributed by atoms with Gasteiger partial charge in [0.25, 0.3) is 17.3 Å². The van der Waals surface area contributed by atoms with Crippen molar-refractivity contribution < 1.29 is 110 Å². The molecule has 0 aromatic rings. The fourth-order valence-corrected chi connectivity index (χ4v) is 10.4. The minimum Gasteiger partial charge on any atom is -0.394 e. The largest absolute Gasteiger partial charge is 0.406 e. The zero-order valence-corrected chi connectivity index (χ0v) is 29.5. The monoisotopic (exact) mass is 850 g/mol. The van der Waals surface area contributed by atoms with E-state index in [9.17, 15) is 65.8 Å². The lowest BCUT2D eigenvalue weighted by molar-refractivity contribution is -0.540. The van der Waals surface area contributed by atoms with E-state index in [1.54, 1.807) is 5.32 Å². The van der Waals surface area contributed by atoms with Crippen LogP contribution in [0.2, 0.25) is 0 Å². The number of likely N-dealkylation sites (N-methyl/N-ethyl adjacent to an activating group) is 1. The fraction of sp³-hybridized carbons (Fsp3) is 0.905. The highest BCUT2D eigenvalue weighted by atomic mass is 32.3. The first-order valence-corrected chi connectivity index (χ1v) is 18.9. The van der Waals surface area contributed by atoms with Gasteiger partial charge in [-0.15, -0.1) is 0 Å². The number of nitrogens with one attached hydrogen (secondary N) is 2. The molecule has 33 heteroatoms. The average Bonchev–Trinajstić information content (AvgIpc) is 3.60. The van der Waals surface area contributed by atoms with E-state index in [1.807, 2.05) is 0 Å².